The molecule has 0 saturated heterocycles. The lowest BCUT2D eigenvalue weighted by molar-refractivity contribution is -0.120. The second kappa shape index (κ2) is 21.1. The zero-order valence-electron chi connectivity index (χ0n) is 22.3. The van der Waals surface area contributed by atoms with Crippen LogP contribution in [0.5, 0.6) is 17.2 Å². The lowest BCUT2D eigenvalue weighted by Gasteiger charge is -2.08. The van der Waals surface area contributed by atoms with E-state index in [2.05, 4.69) is 78.3 Å². The molecule has 1 aromatic carbocycles. The van der Waals surface area contributed by atoms with Gasteiger partial charge in [-0.2, -0.15) is 0 Å². The summed E-state index contributed by atoms with van der Waals surface area (Å²) in [5.41, 5.74) is 0.00164. The fourth-order valence-corrected chi connectivity index (χ4v) is 3.16. The number of benzene rings is 1. The smallest absolute Gasteiger partial charge is 0.251 e. The average Bonchev–Trinajstić information content (AvgIpc) is 2.90. The van der Waals surface area contributed by atoms with Gasteiger partial charge < -0.3 is 26.0 Å². The number of aromatic hydroxyl groups is 3. The van der Waals surface area contributed by atoms with Crippen LogP contribution in [0.4, 0.5) is 0 Å². The van der Waals surface area contributed by atoms with Crippen molar-refractivity contribution in [2.45, 2.75) is 58.3 Å². The molecule has 0 atom stereocenters. The van der Waals surface area contributed by atoms with Crippen LogP contribution in [0, 0.1) is 0 Å². The summed E-state index contributed by atoms with van der Waals surface area (Å²) in [6.45, 7) is 2.58. The van der Waals surface area contributed by atoms with Crippen molar-refractivity contribution < 1.29 is 24.9 Å². The van der Waals surface area contributed by atoms with Crippen molar-refractivity contribution in [2.75, 3.05) is 13.1 Å². The molecule has 0 aliphatic carbocycles. The first-order chi connectivity index (χ1) is 18.5. The summed E-state index contributed by atoms with van der Waals surface area (Å²) in [6, 6.07) is 2.10. The van der Waals surface area contributed by atoms with E-state index in [1.54, 1.807) is 0 Å². The van der Waals surface area contributed by atoms with E-state index in [1.807, 2.05) is 12.2 Å². The van der Waals surface area contributed by atoms with Crippen molar-refractivity contribution in [1.29, 1.82) is 0 Å². The molecular formula is C31H42N2O5. The number of hydrogen-bond donors (Lipinski definition) is 5. The maximum Gasteiger partial charge on any atom is 0.251 e. The molecule has 0 radical (unpaired) electrons. The van der Waals surface area contributed by atoms with Crippen molar-refractivity contribution >= 4 is 11.8 Å². The van der Waals surface area contributed by atoms with Gasteiger partial charge in [-0.15, -0.1) is 0 Å². The minimum absolute atomic E-state index is 0.00164. The molecule has 206 valence electrons. The molecule has 2 amide bonds. The van der Waals surface area contributed by atoms with Crippen molar-refractivity contribution in [2.24, 2.45) is 0 Å². The number of allylic oxidation sites excluding steroid dienone is 12. The highest BCUT2D eigenvalue weighted by Gasteiger charge is 2.13. The third-order valence-corrected chi connectivity index (χ3v) is 5.20. The minimum atomic E-state index is -0.680. The Labute approximate surface area is 226 Å². The zero-order valence-corrected chi connectivity index (χ0v) is 22.3. The van der Waals surface area contributed by atoms with Gasteiger partial charge in [0, 0.05) is 25.1 Å². The van der Waals surface area contributed by atoms with Gasteiger partial charge in [0.05, 0.1) is 0 Å². The van der Waals surface area contributed by atoms with Crippen LogP contribution >= 0.6 is 0 Å². The van der Waals surface area contributed by atoms with Crippen LogP contribution < -0.4 is 10.6 Å². The van der Waals surface area contributed by atoms with E-state index < -0.39 is 23.2 Å². The van der Waals surface area contributed by atoms with Gasteiger partial charge in [-0.1, -0.05) is 79.8 Å². The predicted octanol–water partition coefficient (Wildman–Crippen LogP) is 6.13. The van der Waals surface area contributed by atoms with Crippen LogP contribution in [-0.2, 0) is 4.79 Å². The van der Waals surface area contributed by atoms with Gasteiger partial charge in [0.2, 0.25) is 5.91 Å². The van der Waals surface area contributed by atoms with Crippen molar-refractivity contribution in [3.05, 3.63) is 90.6 Å². The molecule has 0 fully saturated rings. The third-order valence-electron chi connectivity index (χ3n) is 5.20. The van der Waals surface area contributed by atoms with Crippen molar-refractivity contribution in [3.63, 3.8) is 0 Å². The maximum absolute atomic E-state index is 12.0. The van der Waals surface area contributed by atoms with Crippen LogP contribution in [0.15, 0.2) is 85.0 Å². The molecule has 38 heavy (non-hydrogen) atoms. The van der Waals surface area contributed by atoms with Crippen molar-refractivity contribution in [1.82, 2.24) is 10.6 Å². The van der Waals surface area contributed by atoms with E-state index in [4.69, 9.17) is 0 Å². The summed E-state index contributed by atoms with van der Waals surface area (Å²) in [7, 11) is 0. The quantitative estimate of drug-likeness (QED) is 0.0903. The number of nitrogens with one attached hydrogen (secondary N) is 2. The first-order valence-electron chi connectivity index (χ1n) is 13.2. The summed E-state index contributed by atoms with van der Waals surface area (Å²) in [5, 5.41) is 33.5. The second-order valence-electron chi connectivity index (χ2n) is 8.42. The summed E-state index contributed by atoms with van der Waals surface area (Å²) >= 11 is 0. The van der Waals surface area contributed by atoms with Crippen LogP contribution in [0.3, 0.4) is 0 Å². The topological polar surface area (TPSA) is 119 Å². The highest BCUT2D eigenvalue weighted by molar-refractivity contribution is 5.95. The fraction of sp³-hybridized carbons (Fsp3) is 0.355. The third kappa shape index (κ3) is 15.9. The number of phenols is 3. The molecule has 0 saturated carbocycles. The molecule has 0 aromatic heterocycles. The van der Waals surface area contributed by atoms with E-state index >= 15 is 0 Å². The molecule has 7 heteroatoms. The Kier molecular flexibility index (Phi) is 17.8. The van der Waals surface area contributed by atoms with Gasteiger partial charge >= 0.3 is 0 Å². The normalized spacial score (nSPS) is 12.2. The highest BCUT2D eigenvalue weighted by Crippen LogP contribution is 2.35. The number of rotatable bonds is 18. The van der Waals surface area contributed by atoms with Gasteiger partial charge in [-0.3, -0.25) is 9.59 Å². The summed E-state index contributed by atoms with van der Waals surface area (Å²) in [5.74, 6) is -2.50. The van der Waals surface area contributed by atoms with Gasteiger partial charge in [-0.25, -0.2) is 0 Å². The minimum Gasteiger partial charge on any atom is -0.504 e. The number of carbonyl (C=O) groups excluding carboxylic acids is 2. The van der Waals surface area contributed by atoms with Crippen molar-refractivity contribution in [3.8, 4) is 17.2 Å². The van der Waals surface area contributed by atoms with Gasteiger partial charge in [-0.05, 0) is 57.1 Å². The lowest BCUT2D eigenvalue weighted by atomic mass is 10.1. The Balaban J connectivity index is 2.04. The number of amides is 2. The molecule has 0 unspecified atom stereocenters. The Hall–Kier alpha value is -4.00. The van der Waals surface area contributed by atoms with E-state index in [1.165, 1.54) is 0 Å². The van der Waals surface area contributed by atoms with Crippen LogP contribution in [0.25, 0.3) is 0 Å². The molecule has 0 aliphatic rings. The molecule has 1 aromatic rings. The molecule has 1 rings (SSSR count). The second-order valence-corrected chi connectivity index (χ2v) is 8.42. The SMILES string of the molecule is CCC=CCC=CCC=CCC=CCC=CCC=CCCC(=O)NCCNC(=O)c1cc(O)c(O)c(O)c1. The Bertz CT molecular complexity index is 996. The standard InChI is InChI=1S/C31H42N2O5/c1-2-3-4-5-6-7-8-9-10-11-12-13-14-15-16-17-18-19-20-21-29(36)32-22-23-33-31(38)26-24-27(34)30(37)28(35)25-26/h3-4,6-7,9-10,12-13,15-16,18-19,24-25,34-35,37H,2,5,8,11,14,17,20-23H2,1H3,(H,32,36)(H,33,38). The maximum atomic E-state index is 12.0. The fourth-order valence-electron chi connectivity index (χ4n) is 3.16. The lowest BCUT2D eigenvalue weighted by Crippen LogP contribution is -2.34. The molecule has 0 heterocycles. The van der Waals surface area contributed by atoms with Gasteiger partial charge in [0.25, 0.3) is 5.91 Å². The molecule has 7 nitrogen and oxygen atoms in total. The first kappa shape index (κ1) is 32.0. The Morgan fingerprint density at radius 2 is 1.08 bits per heavy atom. The Morgan fingerprint density at radius 1 is 0.658 bits per heavy atom. The van der Waals surface area contributed by atoms with Crippen LogP contribution in [0.1, 0.15) is 68.6 Å². The number of carbonyl (C=O) groups is 2. The van der Waals surface area contributed by atoms with Gasteiger partial charge in [0.15, 0.2) is 17.2 Å². The largest absolute Gasteiger partial charge is 0.504 e. The van der Waals surface area contributed by atoms with Crippen LogP contribution in [-0.4, -0.2) is 40.2 Å². The molecule has 0 bridgehead atoms. The molecular weight excluding hydrogens is 480 g/mol. The highest BCUT2D eigenvalue weighted by atomic mass is 16.3. The molecule has 5 N–H and O–H groups in total. The Morgan fingerprint density at radius 3 is 1.55 bits per heavy atom. The summed E-state index contributed by atoms with van der Waals surface area (Å²) in [4.78, 5) is 23.9. The first-order valence-corrected chi connectivity index (χ1v) is 13.2. The molecule has 0 spiro atoms. The average molecular weight is 523 g/mol. The monoisotopic (exact) mass is 522 g/mol. The van der Waals surface area contributed by atoms with E-state index in [9.17, 15) is 24.9 Å². The summed E-state index contributed by atoms with van der Waals surface area (Å²) < 4.78 is 0. The van der Waals surface area contributed by atoms with E-state index in [-0.39, 0.29) is 24.6 Å². The number of hydrogen-bond acceptors (Lipinski definition) is 5. The molecule has 0 aliphatic heterocycles. The zero-order chi connectivity index (χ0) is 27.8. The number of phenolic OH excluding ortho intramolecular Hbond substituents is 3. The van der Waals surface area contributed by atoms with E-state index in [0.29, 0.717) is 12.8 Å². The predicted molar refractivity (Wildman–Crippen MR) is 154 cm³/mol. The van der Waals surface area contributed by atoms with E-state index in [0.717, 1.165) is 50.7 Å². The van der Waals surface area contributed by atoms with Crippen LogP contribution in [0.2, 0.25) is 0 Å². The van der Waals surface area contributed by atoms with Gasteiger partial charge in [0.1, 0.15) is 0 Å². The summed E-state index contributed by atoms with van der Waals surface area (Å²) in [6.07, 6.45) is 32.4.